The molecule has 2 saturated heterocycles. The summed E-state index contributed by atoms with van der Waals surface area (Å²) in [5.41, 5.74) is 0. The lowest BCUT2D eigenvalue weighted by Crippen LogP contribution is -2.45. The van der Waals surface area contributed by atoms with Crippen LogP contribution in [0.15, 0.2) is 0 Å². The maximum atomic E-state index is 12.0. The third kappa shape index (κ3) is 2.69. The van der Waals surface area contributed by atoms with Gasteiger partial charge in [-0.1, -0.05) is 0 Å². The van der Waals surface area contributed by atoms with E-state index in [9.17, 15) is 4.79 Å². The molecule has 0 saturated carbocycles. The first-order chi connectivity index (χ1) is 7.27. The maximum Gasteiger partial charge on any atom is 0.236 e. The van der Waals surface area contributed by atoms with Crippen LogP contribution in [0.3, 0.4) is 0 Å². The Labute approximate surface area is 91.2 Å². The van der Waals surface area contributed by atoms with Crippen molar-refractivity contribution in [2.24, 2.45) is 0 Å². The Hall–Kier alpha value is -0.610. The second-order valence-electron chi connectivity index (χ2n) is 4.47. The number of amides is 1. The lowest BCUT2D eigenvalue weighted by molar-refractivity contribution is -0.133. The number of carbonyl (C=O) groups is 1. The van der Waals surface area contributed by atoms with E-state index in [2.05, 4.69) is 11.8 Å². The van der Waals surface area contributed by atoms with E-state index in [0.29, 0.717) is 18.5 Å². The Morgan fingerprint density at radius 1 is 1.33 bits per heavy atom. The number of hydrogen-bond acceptors (Lipinski definition) is 3. The molecule has 4 nitrogen and oxygen atoms in total. The Morgan fingerprint density at radius 2 is 2.07 bits per heavy atom. The quantitative estimate of drug-likeness (QED) is 0.661. The SMILES string of the molecule is CC1CCCN1C(=O)CN1CCOCC1. The smallest absolute Gasteiger partial charge is 0.236 e. The second kappa shape index (κ2) is 4.94. The molecule has 0 aromatic carbocycles. The molecule has 0 radical (unpaired) electrons. The van der Waals surface area contributed by atoms with Gasteiger partial charge < -0.3 is 9.64 Å². The molecule has 0 aliphatic carbocycles. The minimum absolute atomic E-state index is 0.293. The third-order valence-corrected chi connectivity index (χ3v) is 3.34. The van der Waals surface area contributed by atoms with Gasteiger partial charge in [-0.2, -0.15) is 0 Å². The van der Waals surface area contributed by atoms with Gasteiger partial charge in [0.2, 0.25) is 5.91 Å². The molecule has 0 N–H and O–H groups in total. The van der Waals surface area contributed by atoms with E-state index in [1.165, 1.54) is 0 Å². The molecule has 2 heterocycles. The number of ether oxygens (including phenoxy) is 1. The Bertz CT molecular complexity index is 227. The van der Waals surface area contributed by atoms with Crippen LogP contribution in [0.25, 0.3) is 0 Å². The van der Waals surface area contributed by atoms with E-state index in [-0.39, 0.29) is 0 Å². The molecular weight excluding hydrogens is 192 g/mol. The van der Waals surface area contributed by atoms with Crippen LogP contribution in [0.4, 0.5) is 0 Å². The lowest BCUT2D eigenvalue weighted by atomic mass is 10.2. The van der Waals surface area contributed by atoms with Crippen molar-refractivity contribution in [1.82, 2.24) is 9.80 Å². The van der Waals surface area contributed by atoms with Gasteiger partial charge >= 0.3 is 0 Å². The summed E-state index contributed by atoms with van der Waals surface area (Å²) in [5.74, 6) is 0.293. The van der Waals surface area contributed by atoms with Crippen LogP contribution >= 0.6 is 0 Å². The first-order valence-electron chi connectivity index (χ1n) is 5.87. The van der Waals surface area contributed by atoms with E-state index in [1.807, 2.05) is 4.90 Å². The van der Waals surface area contributed by atoms with Gasteiger partial charge in [0.05, 0.1) is 19.8 Å². The summed E-state index contributed by atoms with van der Waals surface area (Å²) in [5, 5.41) is 0. The van der Waals surface area contributed by atoms with Gasteiger partial charge in [0.25, 0.3) is 0 Å². The van der Waals surface area contributed by atoms with E-state index in [0.717, 1.165) is 45.7 Å². The van der Waals surface area contributed by atoms with Crippen LogP contribution < -0.4 is 0 Å². The molecule has 1 unspecified atom stereocenters. The molecule has 2 rings (SSSR count). The Balaban J connectivity index is 1.80. The van der Waals surface area contributed by atoms with Crippen molar-refractivity contribution in [1.29, 1.82) is 0 Å². The van der Waals surface area contributed by atoms with Gasteiger partial charge in [-0.05, 0) is 19.8 Å². The van der Waals surface area contributed by atoms with E-state index < -0.39 is 0 Å². The molecule has 15 heavy (non-hydrogen) atoms. The molecule has 0 bridgehead atoms. The van der Waals surface area contributed by atoms with E-state index >= 15 is 0 Å². The van der Waals surface area contributed by atoms with Crippen molar-refractivity contribution in [2.75, 3.05) is 39.4 Å². The summed E-state index contributed by atoms with van der Waals surface area (Å²) in [6, 6.07) is 0.443. The normalized spacial score (nSPS) is 28.3. The fourth-order valence-corrected chi connectivity index (χ4v) is 2.35. The molecule has 2 aliphatic rings. The zero-order chi connectivity index (χ0) is 10.7. The van der Waals surface area contributed by atoms with Crippen molar-refractivity contribution < 1.29 is 9.53 Å². The third-order valence-electron chi connectivity index (χ3n) is 3.34. The van der Waals surface area contributed by atoms with E-state index in [4.69, 9.17) is 4.74 Å². The zero-order valence-corrected chi connectivity index (χ0v) is 9.45. The molecule has 4 heteroatoms. The maximum absolute atomic E-state index is 12.0. The molecule has 1 atom stereocenters. The predicted octanol–water partition coefficient (Wildman–Crippen LogP) is 0.329. The van der Waals surface area contributed by atoms with Crippen LogP contribution in [0.2, 0.25) is 0 Å². The van der Waals surface area contributed by atoms with Gasteiger partial charge in [0.15, 0.2) is 0 Å². The summed E-state index contributed by atoms with van der Waals surface area (Å²) in [6.07, 6.45) is 2.32. The first kappa shape index (κ1) is 10.9. The summed E-state index contributed by atoms with van der Waals surface area (Å²) in [4.78, 5) is 16.2. The predicted molar refractivity (Wildman–Crippen MR) is 57.7 cm³/mol. The fourth-order valence-electron chi connectivity index (χ4n) is 2.35. The van der Waals surface area contributed by atoms with E-state index in [1.54, 1.807) is 0 Å². The first-order valence-corrected chi connectivity index (χ1v) is 5.87. The van der Waals surface area contributed by atoms with Crippen LogP contribution in [0.1, 0.15) is 19.8 Å². The summed E-state index contributed by atoms with van der Waals surface area (Å²) in [6.45, 7) is 7.00. The van der Waals surface area contributed by atoms with Crippen molar-refractivity contribution in [3.8, 4) is 0 Å². The second-order valence-corrected chi connectivity index (χ2v) is 4.47. The monoisotopic (exact) mass is 212 g/mol. The highest BCUT2D eigenvalue weighted by molar-refractivity contribution is 5.78. The Morgan fingerprint density at radius 3 is 2.67 bits per heavy atom. The van der Waals surface area contributed by atoms with Gasteiger partial charge in [-0.15, -0.1) is 0 Å². The molecule has 1 amide bonds. The molecule has 86 valence electrons. The highest BCUT2D eigenvalue weighted by Crippen LogP contribution is 2.16. The minimum atomic E-state index is 0.293. The highest BCUT2D eigenvalue weighted by atomic mass is 16.5. The number of nitrogens with zero attached hydrogens (tertiary/aromatic N) is 2. The molecular formula is C11H20N2O2. The largest absolute Gasteiger partial charge is 0.379 e. The van der Waals surface area contributed by atoms with Crippen molar-refractivity contribution in [2.45, 2.75) is 25.8 Å². The van der Waals surface area contributed by atoms with Gasteiger partial charge in [-0.25, -0.2) is 0 Å². The summed E-state index contributed by atoms with van der Waals surface area (Å²) in [7, 11) is 0. The van der Waals surface area contributed by atoms with Crippen LogP contribution in [-0.4, -0.2) is 61.1 Å². The summed E-state index contributed by atoms with van der Waals surface area (Å²) >= 11 is 0. The molecule has 0 aromatic rings. The van der Waals surface area contributed by atoms with Gasteiger partial charge in [0, 0.05) is 25.7 Å². The minimum Gasteiger partial charge on any atom is -0.379 e. The topological polar surface area (TPSA) is 32.8 Å². The zero-order valence-electron chi connectivity index (χ0n) is 9.45. The fraction of sp³-hybridized carbons (Fsp3) is 0.909. The molecule has 2 fully saturated rings. The Kier molecular flexibility index (Phi) is 3.59. The van der Waals surface area contributed by atoms with Crippen LogP contribution in [0.5, 0.6) is 0 Å². The lowest BCUT2D eigenvalue weighted by Gasteiger charge is -2.29. The van der Waals surface area contributed by atoms with Crippen molar-refractivity contribution in [3.05, 3.63) is 0 Å². The number of morpholine rings is 1. The highest BCUT2D eigenvalue weighted by Gasteiger charge is 2.26. The summed E-state index contributed by atoms with van der Waals surface area (Å²) < 4.78 is 5.26. The number of likely N-dealkylation sites (tertiary alicyclic amines) is 1. The number of rotatable bonds is 2. The van der Waals surface area contributed by atoms with Crippen molar-refractivity contribution in [3.63, 3.8) is 0 Å². The number of hydrogen-bond donors (Lipinski definition) is 0. The number of carbonyl (C=O) groups excluding carboxylic acids is 1. The van der Waals surface area contributed by atoms with Crippen molar-refractivity contribution >= 4 is 5.91 Å². The standard InChI is InChI=1S/C11H20N2O2/c1-10-3-2-4-13(10)11(14)9-12-5-7-15-8-6-12/h10H,2-9H2,1H3. The molecule has 0 aromatic heterocycles. The van der Waals surface area contributed by atoms with Gasteiger partial charge in [0.1, 0.15) is 0 Å². The van der Waals surface area contributed by atoms with Crippen LogP contribution in [-0.2, 0) is 9.53 Å². The molecule has 0 spiro atoms. The van der Waals surface area contributed by atoms with Gasteiger partial charge in [-0.3, -0.25) is 9.69 Å². The molecule has 2 aliphatic heterocycles. The average molecular weight is 212 g/mol. The van der Waals surface area contributed by atoms with Crippen LogP contribution in [0, 0.1) is 0 Å². The average Bonchev–Trinajstić information content (AvgIpc) is 2.66.